The van der Waals surface area contributed by atoms with Gasteiger partial charge in [0.05, 0.1) is 22.1 Å². The van der Waals surface area contributed by atoms with Crippen molar-refractivity contribution in [2.75, 3.05) is 0 Å². The lowest BCUT2D eigenvalue weighted by Crippen LogP contribution is -1.98. The van der Waals surface area contributed by atoms with Crippen LogP contribution in [0.2, 0.25) is 0 Å². The molecule has 0 aliphatic heterocycles. The smallest absolute Gasteiger partial charge is 0.0620 e. The van der Waals surface area contributed by atoms with E-state index in [-0.39, 0.29) is 0 Å². The molecule has 0 aliphatic carbocycles. The Morgan fingerprint density at radius 2 is 0.580 bits per heavy atom. The lowest BCUT2D eigenvalue weighted by Gasteiger charge is -2.15. The zero-order valence-electron chi connectivity index (χ0n) is 27.4. The SMILES string of the molecule is c1ccc(-c2ccc(-n3c4ccccc4c4cccc(-c5cccc6c7ccccc7n(-c7ccc(-c8ccccc8)cc7)c56)c43)cc2)cc1. The third-order valence-corrected chi connectivity index (χ3v) is 10.1. The van der Waals surface area contributed by atoms with Crippen LogP contribution >= 0.6 is 0 Å². The first-order chi connectivity index (χ1) is 24.8. The second kappa shape index (κ2) is 11.5. The number of benzene rings is 8. The molecule has 0 unspecified atom stereocenters. The molecule has 10 rings (SSSR count). The van der Waals surface area contributed by atoms with E-state index in [1.165, 1.54) is 77.0 Å². The Balaban J connectivity index is 1.24. The molecular weight excluding hydrogens is 605 g/mol. The largest absolute Gasteiger partial charge is 0.309 e. The van der Waals surface area contributed by atoms with Crippen LogP contribution in [-0.2, 0) is 0 Å². The first-order valence-corrected chi connectivity index (χ1v) is 17.2. The Kier molecular flexibility index (Phi) is 6.53. The molecular formula is C48H32N2. The highest BCUT2D eigenvalue weighted by atomic mass is 15.0. The summed E-state index contributed by atoms with van der Waals surface area (Å²) in [5.74, 6) is 0. The van der Waals surface area contributed by atoms with E-state index in [0.717, 1.165) is 11.4 Å². The second-order valence-corrected chi connectivity index (χ2v) is 12.9. The van der Waals surface area contributed by atoms with Crippen molar-refractivity contribution in [2.24, 2.45) is 0 Å². The van der Waals surface area contributed by atoms with Gasteiger partial charge in [-0.25, -0.2) is 0 Å². The molecule has 0 saturated carbocycles. The van der Waals surface area contributed by atoms with Gasteiger partial charge in [0.15, 0.2) is 0 Å². The van der Waals surface area contributed by atoms with E-state index in [1.807, 2.05) is 0 Å². The average molecular weight is 637 g/mol. The molecule has 0 bridgehead atoms. The van der Waals surface area contributed by atoms with Gasteiger partial charge >= 0.3 is 0 Å². The second-order valence-electron chi connectivity index (χ2n) is 12.9. The molecule has 2 heterocycles. The van der Waals surface area contributed by atoms with Crippen molar-refractivity contribution in [3.05, 3.63) is 194 Å². The average Bonchev–Trinajstić information content (AvgIpc) is 3.72. The van der Waals surface area contributed by atoms with Gasteiger partial charge in [0.25, 0.3) is 0 Å². The van der Waals surface area contributed by atoms with E-state index in [1.54, 1.807) is 0 Å². The van der Waals surface area contributed by atoms with Crippen molar-refractivity contribution in [2.45, 2.75) is 0 Å². The first kappa shape index (κ1) is 28.4. The van der Waals surface area contributed by atoms with E-state index in [9.17, 15) is 0 Å². The quantitative estimate of drug-likeness (QED) is 0.178. The van der Waals surface area contributed by atoms with Crippen LogP contribution in [0.1, 0.15) is 0 Å². The molecule has 0 fully saturated rings. The number of fused-ring (bicyclic) bond motifs is 6. The van der Waals surface area contributed by atoms with Gasteiger partial charge in [0.2, 0.25) is 0 Å². The van der Waals surface area contributed by atoms with Crippen molar-refractivity contribution in [1.82, 2.24) is 9.13 Å². The normalized spacial score (nSPS) is 11.6. The molecule has 0 N–H and O–H groups in total. The molecule has 234 valence electrons. The number of rotatable bonds is 5. The Hall–Kier alpha value is -6.64. The molecule has 0 saturated heterocycles. The van der Waals surface area contributed by atoms with Crippen molar-refractivity contribution < 1.29 is 0 Å². The van der Waals surface area contributed by atoms with E-state index < -0.39 is 0 Å². The van der Waals surface area contributed by atoms with Crippen LogP contribution in [0.25, 0.3) is 88.4 Å². The lowest BCUT2D eigenvalue weighted by molar-refractivity contribution is 1.17. The maximum atomic E-state index is 2.45. The summed E-state index contributed by atoms with van der Waals surface area (Å²) in [6, 6.07) is 70.4. The summed E-state index contributed by atoms with van der Waals surface area (Å²) in [5.41, 5.74) is 14.4. The maximum absolute atomic E-state index is 2.45. The zero-order chi connectivity index (χ0) is 33.0. The van der Waals surface area contributed by atoms with Gasteiger partial charge in [-0.1, -0.05) is 158 Å². The summed E-state index contributed by atoms with van der Waals surface area (Å²) in [5, 5.41) is 5.00. The van der Waals surface area contributed by atoms with Crippen molar-refractivity contribution in [1.29, 1.82) is 0 Å². The molecule has 2 nitrogen and oxygen atoms in total. The molecule has 0 amide bonds. The van der Waals surface area contributed by atoms with Crippen LogP contribution < -0.4 is 0 Å². The highest BCUT2D eigenvalue weighted by Gasteiger charge is 2.21. The predicted molar refractivity (Wildman–Crippen MR) is 211 cm³/mol. The lowest BCUT2D eigenvalue weighted by atomic mass is 9.99. The van der Waals surface area contributed by atoms with Crippen LogP contribution in [0.15, 0.2) is 194 Å². The highest BCUT2D eigenvalue weighted by Crippen LogP contribution is 2.43. The van der Waals surface area contributed by atoms with Gasteiger partial charge in [-0.3, -0.25) is 0 Å². The van der Waals surface area contributed by atoms with E-state index in [4.69, 9.17) is 0 Å². The summed E-state index contributed by atoms with van der Waals surface area (Å²) < 4.78 is 4.91. The summed E-state index contributed by atoms with van der Waals surface area (Å²) in [4.78, 5) is 0. The molecule has 0 spiro atoms. The third kappa shape index (κ3) is 4.43. The maximum Gasteiger partial charge on any atom is 0.0620 e. The molecule has 2 heteroatoms. The van der Waals surface area contributed by atoms with Gasteiger partial charge in [-0.15, -0.1) is 0 Å². The van der Waals surface area contributed by atoms with Gasteiger partial charge in [0.1, 0.15) is 0 Å². The third-order valence-electron chi connectivity index (χ3n) is 10.1. The standard InChI is InChI=1S/C48H32N2/c1-3-13-33(14-4-1)35-25-29-37(30-26-35)49-45-23-9-7-17-39(45)41-19-11-21-43(47(41)49)44-22-12-20-42-40-18-8-10-24-46(40)50(48(42)44)38-31-27-36(28-32-38)34-15-5-2-6-16-34/h1-32H. The van der Waals surface area contributed by atoms with Crippen LogP contribution in [0, 0.1) is 0 Å². The number of hydrogen-bond acceptors (Lipinski definition) is 0. The number of nitrogens with zero attached hydrogens (tertiary/aromatic N) is 2. The van der Waals surface area contributed by atoms with Crippen LogP contribution in [0.3, 0.4) is 0 Å². The Bertz CT molecular complexity index is 2620. The van der Waals surface area contributed by atoms with Gasteiger partial charge in [-0.05, 0) is 58.7 Å². The van der Waals surface area contributed by atoms with E-state index >= 15 is 0 Å². The fourth-order valence-corrected chi connectivity index (χ4v) is 7.88. The summed E-state index contributed by atoms with van der Waals surface area (Å²) in [7, 11) is 0. The van der Waals surface area contributed by atoms with Gasteiger partial charge in [0, 0.05) is 44.0 Å². The molecule has 0 aliphatic rings. The number of aromatic nitrogens is 2. The minimum absolute atomic E-state index is 1.15. The minimum atomic E-state index is 1.15. The van der Waals surface area contributed by atoms with Gasteiger partial charge < -0.3 is 9.13 Å². The van der Waals surface area contributed by atoms with Gasteiger partial charge in [-0.2, -0.15) is 0 Å². The predicted octanol–water partition coefficient (Wildman–Crippen LogP) is 12.9. The van der Waals surface area contributed by atoms with E-state index in [2.05, 4.69) is 203 Å². The number of para-hydroxylation sites is 4. The van der Waals surface area contributed by atoms with E-state index in [0.29, 0.717) is 0 Å². The topological polar surface area (TPSA) is 9.86 Å². The zero-order valence-corrected chi connectivity index (χ0v) is 27.4. The molecule has 0 radical (unpaired) electrons. The van der Waals surface area contributed by atoms with Crippen LogP contribution in [-0.4, -0.2) is 9.13 Å². The number of hydrogen-bond donors (Lipinski definition) is 0. The fraction of sp³-hybridized carbons (Fsp3) is 0. The molecule has 8 aromatic carbocycles. The van der Waals surface area contributed by atoms with Crippen LogP contribution in [0.5, 0.6) is 0 Å². The monoisotopic (exact) mass is 636 g/mol. The summed E-state index contributed by atoms with van der Waals surface area (Å²) in [6.07, 6.45) is 0. The Labute approximate surface area is 290 Å². The Morgan fingerprint density at radius 3 is 1.00 bits per heavy atom. The summed E-state index contributed by atoms with van der Waals surface area (Å²) in [6.45, 7) is 0. The van der Waals surface area contributed by atoms with Crippen molar-refractivity contribution in [3.8, 4) is 44.8 Å². The van der Waals surface area contributed by atoms with Crippen molar-refractivity contribution in [3.63, 3.8) is 0 Å². The van der Waals surface area contributed by atoms with Crippen molar-refractivity contribution >= 4 is 43.6 Å². The first-order valence-electron chi connectivity index (χ1n) is 17.2. The molecule has 0 atom stereocenters. The molecule has 50 heavy (non-hydrogen) atoms. The summed E-state index contributed by atoms with van der Waals surface area (Å²) >= 11 is 0. The molecule has 2 aromatic heterocycles. The fourth-order valence-electron chi connectivity index (χ4n) is 7.88. The Morgan fingerprint density at radius 1 is 0.240 bits per heavy atom. The minimum Gasteiger partial charge on any atom is -0.309 e. The molecule has 10 aromatic rings. The van der Waals surface area contributed by atoms with Crippen LogP contribution in [0.4, 0.5) is 0 Å². The highest BCUT2D eigenvalue weighted by molar-refractivity contribution is 6.19.